The second-order valence-corrected chi connectivity index (χ2v) is 6.62. The minimum Gasteiger partial charge on any atom is -0.426 e. The number of aliphatic hydroxyl groups is 1. The predicted octanol–water partition coefficient (Wildman–Crippen LogP) is 1.96. The summed E-state index contributed by atoms with van der Waals surface area (Å²) < 4.78 is 5.13. The second kappa shape index (κ2) is 3.69. The molecule has 3 rings (SSSR count). The Bertz CT molecular complexity index is 506. The zero-order valence-corrected chi connectivity index (χ0v) is 11.7. The van der Waals surface area contributed by atoms with E-state index in [1.54, 1.807) is 6.92 Å². The van der Waals surface area contributed by atoms with Crippen LogP contribution in [0.5, 0.6) is 0 Å². The fraction of sp³-hybridized carbons (Fsp3) is 0.733. The summed E-state index contributed by atoms with van der Waals surface area (Å²) in [5.41, 5.74) is 1.05. The third-order valence-electron chi connectivity index (χ3n) is 5.66. The zero-order chi connectivity index (χ0) is 14.0. The summed E-state index contributed by atoms with van der Waals surface area (Å²) in [6, 6.07) is 0. The first-order chi connectivity index (χ1) is 8.78. The van der Waals surface area contributed by atoms with Gasteiger partial charge in [0.05, 0.1) is 0 Å². The van der Waals surface area contributed by atoms with Gasteiger partial charge >= 0.3 is 5.97 Å². The van der Waals surface area contributed by atoms with Crippen molar-refractivity contribution in [2.45, 2.75) is 52.2 Å². The van der Waals surface area contributed by atoms with Crippen LogP contribution in [0.15, 0.2) is 11.1 Å². The molecule has 0 aromatic heterocycles. The van der Waals surface area contributed by atoms with E-state index >= 15 is 0 Å². The lowest BCUT2D eigenvalue weighted by molar-refractivity contribution is -0.204. The molecule has 4 unspecified atom stereocenters. The van der Waals surface area contributed by atoms with Crippen molar-refractivity contribution < 1.29 is 19.4 Å². The van der Waals surface area contributed by atoms with Crippen LogP contribution in [0.2, 0.25) is 0 Å². The Morgan fingerprint density at radius 3 is 2.74 bits per heavy atom. The first-order valence-electron chi connectivity index (χ1n) is 6.96. The van der Waals surface area contributed by atoms with Gasteiger partial charge in [0, 0.05) is 29.9 Å². The summed E-state index contributed by atoms with van der Waals surface area (Å²) in [5.74, 6) is -1.56. The Balaban J connectivity index is 2.07. The highest BCUT2D eigenvalue weighted by atomic mass is 16.7. The van der Waals surface area contributed by atoms with Gasteiger partial charge in [0.2, 0.25) is 5.79 Å². The second-order valence-electron chi connectivity index (χ2n) is 6.62. The molecule has 0 aromatic carbocycles. The first kappa shape index (κ1) is 12.9. The molecule has 2 fully saturated rings. The van der Waals surface area contributed by atoms with E-state index in [1.807, 2.05) is 0 Å². The van der Waals surface area contributed by atoms with Crippen LogP contribution in [-0.2, 0) is 14.3 Å². The van der Waals surface area contributed by atoms with E-state index in [2.05, 4.69) is 13.8 Å². The molecule has 0 spiro atoms. The molecule has 1 heterocycles. The van der Waals surface area contributed by atoms with Crippen LogP contribution in [0.4, 0.5) is 0 Å². The predicted molar refractivity (Wildman–Crippen MR) is 68.0 cm³/mol. The normalized spacial score (nSPS) is 45.9. The summed E-state index contributed by atoms with van der Waals surface area (Å²) in [4.78, 5) is 23.9. The van der Waals surface area contributed by atoms with Gasteiger partial charge < -0.3 is 9.84 Å². The minimum atomic E-state index is -1.53. The van der Waals surface area contributed by atoms with Crippen LogP contribution >= 0.6 is 0 Å². The quantitative estimate of drug-likeness (QED) is 0.679. The minimum absolute atomic E-state index is 0.161. The van der Waals surface area contributed by atoms with Crippen LogP contribution in [0.1, 0.15) is 46.5 Å². The average Bonchev–Trinajstić information content (AvgIpc) is 2.55. The number of carbonyl (C=O) groups is 2. The number of ketones is 1. The van der Waals surface area contributed by atoms with Gasteiger partial charge in [-0.15, -0.1) is 0 Å². The number of fused-ring (bicyclic) bond motifs is 2. The Labute approximate surface area is 112 Å². The monoisotopic (exact) mass is 264 g/mol. The lowest BCUT2D eigenvalue weighted by Gasteiger charge is -2.51. The van der Waals surface area contributed by atoms with Crippen molar-refractivity contribution in [3.8, 4) is 0 Å². The fourth-order valence-electron chi connectivity index (χ4n) is 4.02. The van der Waals surface area contributed by atoms with Crippen molar-refractivity contribution in [3.63, 3.8) is 0 Å². The molecule has 2 aliphatic carbocycles. The molecule has 0 radical (unpaired) electrons. The van der Waals surface area contributed by atoms with Gasteiger partial charge in [-0.25, -0.2) is 4.79 Å². The van der Waals surface area contributed by atoms with Gasteiger partial charge in [0.15, 0.2) is 0 Å². The lowest BCUT2D eigenvalue weighted by atomic mass is 9.53. The fourth-order valence-corrected chi connectivity index (χ4v) is 4.02. The zero-order valence-electron chi connectivity index (χ0n) is 11.7. The van der Waals surface area contributed by atoms with Crippen LogP contribution in [0, 0.1) is 17.3 Å². The SMILES string of the molecule is CC1=C2CC3(C)C(C)CCC(=O)C3CC2(O)OC1=O. The Kier molecular flexibility index (Phi) is 2.50. The smallest absolute Gasteiger partial charge is 0.336 e. The number of hydrogen-bond acceptors (Lipinski definition) is 4. The maximum absolute atomic E-state index is 12.2. The molecule has 19 heavy (non-hydrogen) atoms. The number of carbonyl (C=O) groups excluding carboxylic acids is 2. The highest BCUT2D eigenvalue weighted by Gasteiger charge is 2.59. The van der Waals surface area contributed by atoms with Gasteiger partial charge in [-0.2, -0.15) is 0 Å². The molecule has 1 N–H and O–H groups in total. The molecule has 0 saturated heterocycles. The molecule has 4 atom stereocenters. The first-order valence-corrected chi connectivity index (χ1v) is 6.96. The van der Waals surface area contributed by atoms with Gasteiger partial charge in [0.1, 0.15) is 5.78 Å². The summed E-state index contributed by atoms with van der Waals surface area (Å²) in [6.45, 7) is 5.98. The Hall–Kier alpha value is -1.16. The largest absolute Gasteiger partial charge is 0.426 e. The van der Waals surface area contributed by atoms with Crippen molar-refractivity contribution >= 4 is 11.8 Å². The van der Waals surface area contributed by atoms with Crippen molar-refractivity contribution in [2.24, 2.45) is 17.3 Å². The van der Waals surface area contributed by atoms with Crippen molar-refractivity contribution in [2.75, 3.05) is 0 Å². The van der Waals surface area contributed by atoms with E-state index in [0.29, 0.717) is 29.9 Å². The van der Waals surface area contributed by atoms with Gasteiger partial charge in [-0.1, -0.05) is 13.8 Å². The number of hydrogen-bond donors (Lipinski definition) is 1. The third kappa shape index (κ3) is 1.55. The third-order valence-corrected chi connectivity index (χ3v) is 5.66. The highest BCUT2D eigenvalue weighted by molar-refractivity contribution is 5.93. The van der Waals surface area contributed by atoms with Crippen molar-refractivity contribution in [3.05, 3.63) is 11.1 Å². The maximum atomic E-state index is 12.2. The molecule has 4 heteroatoms. The van der Waals surface area contributed by atoms with Gasteiger partial charge in [-0.05, 0) is 31.1 Å². The summed E-state index contributed by atoms with van der Waals surface area (Å²) in [5, 5.41) is 10.6. The molecular formula is C15H20O4. The summed E-state index contributed by atoms with van der Waals surface area (Å²) in [7, 11) is 0. The topological polar surface area (TPSA) is 63.6 Å². The van der Waals surface area contributed by atoms with E-state index in [-0.39, 0.29) is 23.5 Å². The molecular weight excluding hydrogens is 244 g/mol. The molecule has 0 aromatic rings. The van der Waals surface area contributed by atoms with E-state index in [1.165, 1.54) is 0 Å². The molecule has 1 aliphatic heterocycles. The average molecular weight is 264 g/mol. The number of ether oxygens (including phenoxy) is 1. The van der Waals surface area contributed by atoms with E-state index in [0.717, 1.165) is 6.42 Å². The van der Waals surface area contributed by atoms with Gasteiger partial charge in [0.25, 0.3) is 0 Å². The van der Waals surface area contributed by atoms with Crippen LogP contribution < -0.4 is 0 Å². The molecule has 0 bridgehead atoms. The highest BCUT2D eigenvalue weighted by Crippen LogP contribution is 2.58. The molecule has 3 aliphatic rings. The summed E-state index contributed by atoms with van der Waals surface area (Å²) in [6.07, 6.45) is 2.28. The maximum Gasteiger partial charge on any atom is 0.336 e. The van der Waals surface area contributed by atoms with E-state index in [4.69, 9.17) is 4.74 Å². The van der Waals surface area contributed by atoms with Gasteiger partial charge in [-0.3, -0.25) is 4.79 Å². The van der Waals surface area contributed by atoms with Crippen molar-refractivity contribution in [1.29, 1.82) is 0 Å². The van der Waals surface area contributed by atoms with E-state index < -0.39 is 11.8 Å². The van der Waals surface area contributed by atoms with Crippen LogP contribution in [-0.4, -0.2) is 22.6 Å². The summed E-state index contributed by atoms with van der Waals surface area (Å²) >= 11 is 0. The Morgan fingerprint density at radius 2 is 2.05 bits per heavy atom. The Morgan fingerprint density at radius 1 is 1.37 bits per heavy atom. The molecule has 104 valence electrons. The lowest BCUT2D eigenvalue weighted by Crippen LogP contribution is -2.53. The standard InChI is InChI=1S/C15H20O4/c1-8-4-5-12(16)11-7-15(18)10(6-14(8,11)3)9(2)13(17)19-15/h8,11,18H,4-7H2,1-3H3. The van der Waals surface area contributed by atoms with Crippen LogP contribution in [0.25, 0.3) is 0 Å². The van der Waals surface area contributed by atoms with Crippen LogP contribution in [0.3, 0.4) is 0 Å². The molecule has 0 amide bonds. The number of rotatable bonds is 0. The molecule has 4 nitrogen and oxygen atoms in total. The molecule has 2 saturated carbocycles. The van der Waals surface area contributed by atoms with Crippen molar-refractivity contribution in [1.82, 2.24) is 0 Å². The number of esters is 1. The van der Waals surface area contributed by atoms with E-state index in [9.17, 15) is 14.7 Å². The number of Topliss-reactive ketones (excluding diaryl/α,β-unsaturated/α-hetero) is 1.